The number of nitrogens with one attached hydrogen (secondary N) is 1. The van der Waals surface area contributed by atoms with Crippen LogP contribution in [0.1, 0.15) is 24.6 Å². The van der Waals surface area contributed by atoms with E-state index in [2.05, 4.69) is 15.4 Å². The molecule has 4 rings (SSSR count). The Balaban J connectivity index is 1.74. The van der Waals surface area contributed by atoms with Gasteiger partial charge in [0, 0.05) is 29.8 Å². The third kappa shape index (κ3) is 2.73. The number of fused-ring (bicyclic) bond motifs is 1. The second-order valence-corrected chi connectivity index (χ2v) is 6.08. The Bertz CT molecular complexity index is 871. The summed E-state index contributed by atoms with van der Waals surface area (Å²) in [6.07, 6.45) is 4.12. The number of methoxy groups -OCH3 is 1. The van der Waals surface area contributed by atoms with Crippen LogP contribution in [0.25, 0.3) is 16.8 Å². The molecule has 2 aromatic heterocycles. The van der Waals surface area contributed by atoms with Crippen molar-refractivity contribution >= 4 is 5.65 Å². The largest absolute Gasteiger partial charge is 0.496 e. The topological polar surface area (TPSA) is 51.5 Å². The second-order valence-electron chi connectivity index (χ2n) is 6.08. The number of piperidine rings is 1. The first-order chi connectivity index (χ1) is 11.7. The van der Waals surface area contributed by atoms with Crippen LogP contribution in [0, 0.1) is 5.82 Å². The van der Waals surface area contributed by atoms with E-state index in [9.17, 15) is 4.39 Å². The van der Waals surface area contributed by atoms with Crippen LogP contribution in [0.3, 0.4) is 0 Å². The fourth-order valence-electron chi connectivity index (χ4n) is 3.21. The van der Waals surface area contributed by atoms with Gasteiger partial charge in [-0.3, -0.25) is 0 Å². The van der Waals surface area contributed by atoms with Crippen LogP contribution < -0.4 is 10.1 Å². The van der Waals surface area contributed by atoms with Crippen LogP contribution in [0.4, 0.5) is 4.39 Å². The molecule has 0 bridgehead atoms. The van der Waals surface area contributed by atoms with Crippen molar-refractivity contribution in [2.24, 2.45) is 0 Å². The summed E-state index contributed by atoms with van der Waals surface area (Å²) in [7, 11) is 1.58. The van der Waals surface area contributed by atoms with Crippen molar-refractivity contribution in [1.82, 2.24) is 19.9 Å². The average molecular weight is 326 g/mol. The van der Waals surface area contributed by atoms with Crippen molar-refractivity contribution in [2.45, 2.75) is 18.8 Å². The van der Waals surface area contributed by atoms with E-state index in [1.807, 2.05) is 18.3 Å². The maximum absolute atomic E-state index is 13.6. The summed E-state index contributed by atoms with van der Waals surface area (Å²) in [6.45, 7) is 1.98. The van der Waals surface area contributed by atoms with Crippen molar-refractivity contribution in [3.8, 4) is 16.9 Å². The molecule has 5 nitrogen and oxygen atoms in total. The van der Waals surface area contributed by atoms with Crippen LogP contribution in [0.5, 0.6) is 5.75 Å². The molecule has 0 aliphatic carbocycles. The van der Waals surface area contributed by atoms with Crippen LogP contribution in [-0.4, -0.2) is 34.8 Å². The Kier molecular flexibility index (Phi) is 3.90. The Morgan fingerprint density at radius 2 is 2.21 bits per heavy atom. The highest BCUT2D eigenvalue weighted by Gasteiger charge is 2.20. The summed E-state index contributed by atoms with van der Waals surface area (Å²) in [5.41, 5.74) is 2.35. The highest BCUT2D eigenvalue weighted by atomic mass is 19.1. The van der Waals surface area contributed by atoms with Gasteiger partial charge in [0.15, 0.2) is 11.5 Å². The van der Waals surface area contributed by atoms with Crippen LogP contribution in [0.2, 0.25) is 0 Å². The number of benzene rings is 1. The van der Waals surface area contributed by atoms with Gasteiger partial charge in [-0.15, -0.1) is 0 Å². The predicted molar refractivity (Wildman–Crippen MR) is 89.8 cm³/mol. The van der Waals surface area contributed by atoms with Crippen LogP contribution in [0.15, 0.2) is 36.5 Å². The summed E-state index contributed by atoms with van der Waals surface area (Å²) in [4.78, 5) is 4.64. The van der Waals surface area contributed by atoms with E-state index >= 15 is 0 Å². The van der Waals surface area contributed by atoms with Crippen molar-refractivity contribution in [3.05, 3.63) is 48.2 Å². The Hall–Kier alpha value is -2.47. The number of hydrogen-bond donors (Lipinski definition) is 1. The number of hydrogen-bond acceptors (Lipinski definition) is 4. The van der Waals surface area contributed by atoms with E-state index < -0.39 is 0 Å². The minimum absolute atomic E-state index is 0.293. The highest BCUT2D eigenvalue weighted by molar-refractivity contribution is 5.71. The van der Waals surface area contributed by atoms with Crippen LogP contribution >= 0.6 is 0 Å². The number of nitrogens with zero attached hydrogens (tertiary/aromatic N) is 3. The summed E-state index contributed by atoms with van der Waals surface area (Å²) in [5, 5.41) is 8.02. The zero-order valence-electron chi connectivity index (χ0n) is 13.5. The smallest absolute Gasteiger partial charge is 0.156 e. The molecule has 124 valence electrons. The summed E-state index contributed by atoms with van der Waals surface area (Å²) in [6, 6.07) is 8.33. The summed E-state index contributed by atoms with van der Waals surface area (Å²) < 4.78 is 20.7. The number of aromatic nitrogens is 3. The molecule has 1 aliphatic heterocycles. The lowest BCUT2D eigenvalue weighted by atomic mass is 9.99. The van der Waals surface area contributed by atoms with E-state index in [1.165, 1.54) is 12.1 Å². The van der Waals surface area contributed by atoms with Gasteiger partial charge in [-0.05, 0) is 49.7 Å². The van der Waals surface area contributed by atoms with Gasteiger partial charge in [0.05, 0.1) is 7.11 Å². The quantitative estimate of drug-likeness (QED) is 0.804. The highest BCUT2D eigenvalue weighted by Crippen LogP contribution is 2.31. The van der Waals surface area contributed by atoms with E-state index in [-0.39, 0.29) is 5.82 Å². The Morgan fingerprint density at radius 3 is 3.00 bits per heavy atom. The first kappa shape index (κ1) is 15.1. The van der Waals surface area contributed by atoms with Gasteiger partial charge >= 0.3 is 0 Å². The molecule has 1 fully saturated rings. The lowest BCUT2D eigenvalue weighted by molar-refractivity contribution is 0.415. The van der Waals surface area contributed by atoms with Gasteiger partial charge in [0.2, 0.25) is 0 Å². The minimum atomic E-state index is -0.293. The third-order valence-corrected chi connectivity index (χ3v) is 4.48. The molecule has 0 radical (unpaired) electrons. The summed E-state index contributed by atoms with van der Waals surface area (Å²) >= 11 is 0. The average Bonchev–Trinajstić information content (AvgIpc) is 3.05. The number of rotatable bonds is 3. The molecule has 1 aliphatic rings. The molecule has 0 saturated carbocycles. The Labute approximate surface area is 139 Å². The maximum atomic E-state index is 13.6. The van der Waals surface area contributed by atoms with Gasteiger partial charge in [-0.25, -0.2) is 13.9 Å². The van der Waals surface area contributed by atoms with Gasteiger partial charge in [0.1, 0.15) is 11.6 Å². The normalized spacial score (nSPS) is 18.0. The molecule has 24 heavy (non-hydrogen) atoms. The van der Waals surface area contributed by atoms with E-state index in [0.717, 1.165) is 43.0 Å². The molecule has 1 N–H and O–H groups in total. The fourth-order valence-corrected chi connectivity index (χ4v) is 3.21. The molecule has 1 unspecified atom stereocenters. The zero-order valence-corrected chi connectivity index (χ0v) is 13.5. The predicted octanol–water partition coefficient (Wildman–Crippen LogP) is 3.01. The van der Waals surface area contributed by atoms with Gasteiger partial charge < -0.3 is 10.1 Å². The lowest BCUT2D eigenvalue weighted by Crippen LogP contribution is -2.28. The molecule has 1 saturated heterocycles. The van der Waals surface area contributed by atoms with Crippen molar-refractivity contribution < 1.29 is 9.13 Å². The molecule has 3 aromatic rings. The molecular weight excluding hydrogens is 307 g/mol. The molecule has 0 spiro atoms. The van der Waals surface area contributed by atoms with Gasteiger partial charge in [0.25, 0.3) is 0 Å². The first-order valence-corrected chi connectivity index (χ1v) is 8.15. The summed E-state index contributed by atoms with van der Waals surface area (Å²) in [5.74, 6) is 1.56. The molecule has 3 heterocycles. The van der Waals surface area contributed by atoms with Crippen molar-refractivity contribution in [1.29, 1.82) is 0 Å². The van der Waals surface area contributed by atoms with Crippen LogP contribution in [-0.2, 0) is 0 Å². The molecule has 1 atom stereocenters. The minimum Gasteiger partial charge on any atom is -0.496 e. The molecule has 0 amide bonds. The van der Waals surface area contributed by atoms with Crippen molar-refractivity contribution in [3.63, 3.8) is 0 Å². The van der Waals surface area contributed by atoms with E-state index in [0.29, 0.717) is 17.2 Å². The van der Waals surface area contributed by atoms with Gasteiger partial charge in [-0.1, -0.05) is 0 Å². The Morgan fingerprint density at radius 1 is 1.29 bits per heavy atom. The third-order valence-electron chi connectivity index (χ3n) is 4.48. The molecule has 1 aromatic carbocycles. The lowest BCUT2D eigenvalue weighted by Gasteiger charge is -2.19. The SMILES string of the molecule is COc1ccc(F)cc1-c1ccc2nc(C3CCCNC3)nn2c1. The fraction of sp³-hybridized carbons (Fsp3) is 0.333. The molecular formula is C18H19FN4O. The number of pyridine rings is 1. The molecule has 6 heteroatoms. The van der Waals surface area contributed by atoms with E-state index in [1.54, 1.807) is 17.7 Å². The number of halogens is 1. The second kappa shape index (κ2) is 6.20. The first-order valence-electron chi connectivity index (χ1n) is 8.15. The standard InChI is InChI=1S/C18H19FN4O/c1-24-16-6-5-14(19)9-15(16)13-4-7-17-21-18(22-23(17)11-13)12-3-2-8-20-10-12/h4-7,9,11-12,20H,2-3,8,10H2,1H3. The van der Waals surface area contributed by atoms with Gasteiger partial charge in [-0.2, -0.15) is 5.10 Å². The zero-order chi connectivity index (χ0) is 16.5. The maximum Gasteiger partial charge on any atom is 0.156 e. The monoisotopic (exact) mass is 326 g/mol. The van der Waals surface area contributed by atoms with Crippen molar-refractivity contribution in [2.75, 3.05) is 20.2 Å². The van der Waals surface area contributed by atoms with E-state index in [4.69, 9.17) is 4.74 Å². The number of ether oxygens (including phenoxy) is 1.